The highest BCUT2D eigenvalue weighted by atomic mass is 79.9. The molecule has 70 valence electrons. The summed E-state index contributed by atoms with van der Waals surface area (Å²) < 4.78 is 6.97. The zero-order chi connectivity index (χ0) is 9.31. The average Bonchev–Trinajstić information content (AvgIpc) is 2.06. The van der Waals surface area contributed by atoms with Crippen LogP contribution in [0.3, 0.4) is 0 Å². The summed E-state index contributed by atoms with van der Waals surface area (Å²) in [4.78, 5) is 0. The summed E-state index contributed by atoms with van der Waals surface area (Å²) in [5.41, 5.74) is 0.105. The molecule has 0 N–H and O–H groups in total. The number of rotatable bonds is 2. The lowest BCUT2D eigenvalue weighted by Crippen LogP contribution is -2.39. The van der Waals surface area contributed by atoms with Crippen LogP contribution in [0.1, 0.15) is 26.2 Å². The van der Waals surface area contributed by atoms with E-state index in [1.54, 1.807) is 0 Å². The van der Waals surface area contributed by atoms with Crippen LogP contribution < -0.4 is 4.74 Å². The van der Waals surface area contributed by atoms with E-state index in [1.165, 1.54) is 19.3 Å². The fourth-order valence-corrected chi connectivity index (χ4v) is 1.83. The molecule has 0 amide bonds. The molecule has 1 aliphatic rings. The van der Waals surface area contributed by atoms with E-state index >= 15 is 0 Å². The van der Waals surface area contributed by atoms with Gasteiger partial charge in [-0.3, -0.25) is 0 Å². The smallest absolute Gasteiger partial charge is 0.120 e. The first-order valence-electron chi connectivity index (χ1n) is 4.63. The van der Waals surface area contributed by atoms with Crippen LogP contribution in [-0.4, -0.2) is 5.60 Å². The Morgan fingerprint density at radius 3 is 2.31 bits per heavy atom. The molecule has 0 radical (unpaired) electrons. The van der Waals surface area contributed by atoms with Gasteiger partial charge in [-0.1, -0.05) is 15.9 Å². The number of benzene rings is 1. The summed E-state index contributed by atoms with van der Waals surface area (Å²) in [6, 6.07) is 8.04. The van der Waals surface area contributed by atoms with Crippen LogP contribution in [0.15, 0.2) is 28.7 Å². The third-order valence-corrected chi connectivity index (χ3v) is 3.12. The molecule has 1 aromatic rings. The van der Waals surface area contributed by atoms with E-state index in [0.29, 0.717) is 0 Å². The highest BCUT2D eigenvalue weighted by molar-refractivity contribution is 9.10. The Morgan fingerprint density at radius 1 is 1.23 bits per heavy atom. The van der Waals surface area contributed by atoms with E-state index in [1.807, 2.05) is 24.3 Å². The Labute approximate surface area is 87.2 Å². The van der Waals surface area contributed by atoms with Crippen LogP contribution in [0, 0.1) is 0 Å². The van der Waals surface area contributed by atoms with Crippen molar-refractivity contribution in [2.24, 2.45) is 0 Å². The second-order valence-electron chi connectivity index (χ2n) is 3.86. The number of halogens is 1. The van der Waals surface area contributed by atoms with Crippen molar-refractivity contribution in [2.45, 2.75) is 31.8 Å². The van der Waals surface area contributed by atoms with E-state index in [0.717, 1.165) is 10.2 Å². The molecule has 13 heavy (non-hydrogen) atoms. The van der Waals surface area contributed by atoms with Gasteiger partial charge in [-0.2, -0.15) is 0 Å². The predicted molar refractivity (Wildman–Crippen MR) is 57.0 cm³/mol. The molecule has 1 nitrogen and oxygen atoms in total. The molecular formula is C11H13BrO. The lowest BCUT2D eigenvalue weighted by molar-refractivity contribution is 0.0113. The van der Waals surface area contributed by atoms with Crippen molar-refractivity contribution in [1.29, 1.82) is 0 Å². The predicted octanol–water partition coefficient (Wildman–Crippen LogP) is 3.77. The quantitative estimate of drug-likeness (QED) is 0.765. The van der Waals surface area contributed by atoms with Crippen LogP contribution in [0.5, 0.6) is 5.75 Å². The summed E-state index contributed by atoms with van der Waals surface area (Å²) in [7, 11) is 0. The molecule has 2 heteroatoms. The molecule has 1 fully saturated rings. The van der Waals surface area contributed by atoms with Gasteiger partial charge in [0, 0.05) is 4.47 Å². The first-order chi connectivity index (χ1) is 6.18. The fraction of sp³-hybridized carbons (Fsp3) is 0.455. The Bertz CT molecular complexity index is 287. The first kappa shape index (κ1) is 9.07. The van der Waals surface area contributed by atoms with Gasteiger partial charge in [0.2, 0.25) is 0 Å². The molecule has 0 unspecified atom stereocenters. The molecule has 0 aromatic heterocycles. The molecule has 1 aliphatic carbocycles. The van der Waals surface area contributed by atoms with Crippen molar-refractivity contribution in [2.75, 3.05) is 0 Å². The molecule has 0 spiro atoms. The van der Waals surface area contributed by atoms with Gasteiger partial charge in [0.05, 0.1) is 0 Å². The minimum absolute atomic E-state index is 0.105. The third kappa shape index (κ3) is 2.05. The molecule has 0 saturated heterocycles. The van der Waals surface area contributed by atoms with Crippen LogP contribution in [0.25, 0.3) is 0 Å². The number of hydrogen-bond donors (Lipinski definition) is 0. The van der Waals surface area contributed by atoms with Crippen molar-refractivity contribution in [3.05, 3.63) is 28.7 Å². The van der Waals surface area contributed by atoms with E-state index in [-0.39, 0.29) is 5.60 Å². The van der Waals surface area contributed by atoms with E-state index in [4.69, 9.17) is 4.74 Å². The number of ether oxygens (including phenoxy) is 1. The van der Waals surface area contributed by atoms with Crippen molar-refractivity contribution in [3.63, 3.8) is 0 Å². The van der Waals surface area contributed by atoms with Gasteiger partial charge in [-0.25, -0.2) is 0 Å². The molecule has 1 aromatic carbocycles. The summed E-state index contributed by atoms with van der Waals surface area (Å²) >= 11 is 3.40. The molecule has 0 heterocycles. The molecule has 0 bridgehead atoms. The molecule has 0 aliphatic heterocycles. The van der Waals surface area contributed by atoms with E-state index < -0.39 is 0 Å². The Balaban J connectivity index is 2.05. The van der Waals surface area contributed by atoms with Gasteiger partial charge in [0.25, 0.3) is 0 Å². The lowest BCUT2D eigenvalue weighted by Gasteiger charge is -2.38. The second kappa shape index (κ2) is 3.33. The molecule has 0 atom stereocenters. The number of hydrogen-bond acceptors (Lipinski definition) is 1. The normalized spacial score (nSPS) is 19.2. The van der Waals surface area contributed by atoms with Crippen molar-refractivity contribution in [3.8, 4) is 5.75 Å². The van der Waals surface area contributed by atoms with Gasteiger partial charge >= 0.3 is 0 Å². The van der Waals surface area contributed by atoms with Gasteiger partial charge in [-0.05, 0) is 50.5 Å². The maximum atomic E-state index is 5.87. The van der Waals surface area contributed by atoms with E-state index in [2.05, 4.69) is 22.9 Å². The second-order valence-corrected chi connectivity index (χ2v) is 4.78. The third-order valence-electron chi connectivity index (χ3n) is 2.59. The van der Waals surface area contributed by atoms with Crippen LogP contribution in [-0.2, 0) is 0 Å². The van der Waals surface area contributed by atoms with E-state index in [9.17, 15) is 0 Å². The SMILES string of the molecule is CC1(Oc2ccc(Br)cc2)CCC1. The highest BCUT2D eigenvalue weighted by Gasteiger charge is 2.33. The highest BCUT2D eigenvalue weighted by Crippen LogP contribution is 2.36. The zero-order valence-corrected chi connectivity index (χ0v) is 9.30. The maximum absolute atomic E-state index is 5.87. The van der Waals surface area contributed by atoms with Crippen LogP contribution in [0.2, 0.25) is 0 Å². The summed E-state index contributed by atoms with van der Waals surface area (Å²) in [6.45, 7) is 2.18. The minimum Gasteiger partial charge on any atom is -0.488 e. The topological polar surface area (TPSA) is 9.23 Å². The van der Waals surface area contributed by atoms with Crippen molar-refractivity contribution in [1.82, 2.24) is 0 Å². The Kier molecular flexibility index (Phi) is 2.33. The largest absolute Gasteiger partial charge is 0.488 e. The average molecular weight is 241 g/mol. The standard InChI is InChI=1S/C11H13BrO/c1-11(7-2-8-11)13-10-5-3-9(12)4-6-10/h3-6H,2,7-8H2,1H3. The first-order valence-corrected chi connectivity index (χ1v) is 5.42. The van der Waals surface area contributed by atoms with Crippen molar-refractivity contribution >= 4 is 15.9 Å². The Hall–Kier alpha value is -0.500. The molecular weight excluding hydrogens is 228 g/mol. The Morgan fingerprint density at radius 2 is 1.85 bits per heavy atom. The molecule has 1 saturated carbocycles. The van der Waals surface area contributed by atoms with Crippen molar-refractivity contribution < 1.29 is 4.74 Å². The molecule has 2 rings (SSSR count). The minimum atomic E-state index is 0.105. The van der Waals surface area contributed by atoms with Gasteiger partial charge < -0.3 is 4.74 Å². The summed E-state index contributed by atoms with van der Waals surface area (Å²) in [5, 5.41) is 0. The van der Waals surface area contributed by atoms with Gasteiger partial charge in [0.1, 0.15) is 11.4 Å². The maximum Gasteiger partial charge on any atom is 0.120 e. The summed E-state index contributed by atoms with van der Waals surface area (Å²) in [6.07, 6.45) is 3.67. The fourth-order valence-electron chi connectivity index (χ4n) is 1.56. The summed E-state index contributed by atoms with van der Waals surface area (Å²) in [5.74, 6) is 0.977. The lowest BCUT2D eigenvalue weighted by atomic mass is 9.82. The van der Waals surface area contributed by atoms with Gasteiger partial charge in [-0.15, -0.1) is 0 Å². The van der Waals surface area contributed by atoms with Crippen LogP contribution in [0.4, 0.5) is 0 Å². The monoisotopic (exact) mass is 240 g/mol. The van der Waals surface area contributed by atoms with Crippen LogP contribution >= 0.6 is 15.9 Å². The zero-order valence-electron chi connectivity index (χ0n) is 7.72. The van der Waals surface area contributed by atoms with Gasteiger partial charge in [0.15, 0.2) is 0 Å².